The molecule has 0 saturated heterocycles. The van der Waals surface area contributed by atoms with Gasteiger partial charge in [0, 0.05) is 29.7 Å². The van der Waals surface area contributed by atoms with Crippen LogP contribution in [0, 0.1) is 6.92 Å². The minimum atomic E-state index is -0.153. The number of pyridine rings is 4. The van der Waals surface area contributed by atoms with E-state index in [9.17, 15) is 4.79 Å². The van der Waals surface area contributed by atoms with Gasteiger partial charge in [-0.15, -0.1) is 0 Å². The predicted molar refractivity (Wildman–Crippen MR) is 98.7 cm³/mol. The SMILES string of the molecule is Cc1ccnc2cc(C(C)Nc3nccc4cccnc34)[nH]c(=O)c12. The highest BCUT2D eigenvalue weighted by Crippen LogP contribution is 2.23. The Bertz CT molecular complexity index is 1130. The molecule has 0 amide bonds. The summed E-state index contributed by atoms with van der Waals surface area (Å²) in [5.41, 5.74) is 3.03. The molecule has 0 saturated carbocycles. The molecule has 2 N–H and O–H groups in total. The van der Waals surface area contributed by atoms with E-state index in [1.54, 1.807) is 18.6 Å². The van der Waals surface area contributed by atoms with Crippen LogP contribution in [-0.4, -0.2) is 19.9 Å². The number of aromatic amines is 1. The van der Waals surface area contributed by atoms with Gasteiger partial charge in [0.05, 0.1) is 16.9 Å². The van der Waals surface area contributed by atoms with E-state index in [1.165, 1.54) is 0 Å². The lowest BCUT2D eigenvalue weighted by molar-refractivity contribution is 0.829. The van der Waals surface area contributed by atoms with Gasteiger partial charge < -0.3 is 10.3 Å². The van der Waals surface area contributed by atoms with Crippen LogP contribution in [0.2, 0.25) is 0 Å². The summed E-state index contributed by atoms with van der Waals surface area (Å²) in [6, 6.07) is 9.39. The number of nitrogens with zero attached hydrogens (tertiary/aromatic N) is 3. The molecule has 4 aromatic rings. The molecular weight excluding hydrogens is 314 g/mol. The Morgan fingerprint density at radius 2 is 1.92 bits per heavy atom. The number of fused-ring (bicyclic) bond motifs is 2. The van der Waals surface area contributed by atoms with Crippen molar-refractivity contribution in [2.24, 2.45) is 0 Å². The van der Waals surface area contributed by atoms with Crippen LogP contribution in [0.15, 0.2) is 53.7 Å². The number of nitrogens with one attached hydrogen (secondary N) is 2. The van der Waals surface area contributed by atoms with Gasteiger partial charge in [-0.2, -0.15) is 0 Å². The molecular formula is C19H17N5O. The first kappa shape index (κ1) is 15.3. The van der Waals surface area contributed by atoms with E-state index in [0.29, 0.717) is 16.7 Å². The van der Waals surface area contributed by atoms with Gasteiger partial charge in [-0.1, -0.05) is 6.07 Å². The van der Waals surface area contributed by atoms with Gasteiger partial charge in [0.25, 0.3) is 5.56 Å². The Kier molecular flexibility index (Phi) is 3.65. The van der Waals surface area contributed by atoms with Crippen molar-refractivity contribution in [1.82, 2.24) is 19.9 Å². The molecule has 4 rings (SSSR count). The second-order valence-corrected chi connectivity index (χ2v) is 6.04. The number of aromatic nitrogens is 4. The lowest BCUT2D eigenvalue weighted by atomic mass is 10.1. The van der Waals surface area contributed by atoms with E-state index in [0.717, 1.165) is 22.2 Å². The van der Waals surface area contributed by atoms with Gasteiger partial charge in [-0.25, -0.2) is 4.98 Å². The van der Waals surface area contributed by atoms with E-state index in [2.05, 4.69) is 25.3 Å². The van der Waals surface area contributed by atoms with E-state index >= 15 is 0 Å². The Labute approximate surface area is 144 Å². The highest BCUT2D eigenvalue weighted by molar-refractivity contribution is 5.88. The number of aryl methyl sites for hydroxylation is 1. The molecule has 1 atom stereocenters. The molecule has 0 aliphatic carbocycles. The first-order valence-electron chi connectivity index (χ1n) is 8.08. The van der Waals surface area contributed by atoms with Crippen molar-refractivity contribution < 1.29 is 0 Å². The van der Waals surface area contributed by atoms with Crippen LogP contribution in [0.5, 0.6) is 0 Å². The third-order valence-corrected chi connectivity index (χ3v) is 4.31. The monoisotopic (exact) mass is 331 g/mol. The zero-order valence-electron chi connectivity index (χ0n) is 13.9. The Balaban J connectivity index is 1.75. The van der Waals surface area contributed by atoms with Gasteiger partial charge in [0.2, 0.25) is 0 Å². The number of hydrogen-bond donors (Lipinski definition) is 2. The number of anilines is 1. The first-order valence-corrected chi connectivity index (χ1v) is 8.08. The van der Waals surface area contributed by atoms with E-state index in [1.807, 2.05) is 44.2 Å². The van der Waals surface area contributed by atoms with Crippen molar-refractivity contribution in [2.45, 2.75) is 19.9 Å². The fourth-order valence-electron chi connectivity index (χ4n) is 2.99. The molecule has 4 heterocycles. The zero-order valence-corrected chi connectivity index (χ0v) is 13.9. The molecule has 0 radical (unpaired) electrons. The molecule has 0 spiro atoms. The summed E-state index contributed by atoms with van der Waals surface area (Å²) in [4.78, 5) is 28.5. The molecule has 25 heavy (non-hydrogen) atoms. The predicted octanol–water partition coefficient (Wildman–Crippen LogP) is 3.35. The summed E-state index contributed by atoms with van der Waals surface area (Å²) in [5.74, 6) is 0.684. The maximum absolute atomic E-state index is 12.4. The van der Waals surface area contributed by atoms with Crippen molar-refractivity contribution in [1.29, 1.82) is 0 Å². The van der Waals surface area contributed by atoms with Crippen molar-refractivity contribution in [2.75, 3.05) is 5.32 Å². The normalized spacial score (nSPS) is 12.4. The molecule has 0 aliphatic rings. The third-order valence-electron chi connectivity index (χ3n) is 4.31. The van der Waals surface area contributed by atoms with Crippen LogP contribution < -0.4 is 10.9 Å². The second kappa shape index (κ2) is 5.98. The summed E-state index contributed by atoms with van der Waals surface area (Å²) in [6.07, 6.45) is 5.20. The van der Waals surface area contributed by atoms with Crippen molar-refractivity contribution in [3.8, 4) is 0 Å². The summed E-state index contributed by atoms with van der Waals surface area (Å²) < 4.78 is 0. The van der Waals surface area contributed by atoms with Crippen LogP contribution in [0.1, 0.15) is 24.2 Å². The standard InChI is InChI=1S/C19H17N5O/c1-11-5-8-20-15-10-14(24-19(25)16(11)15)12(2)23-18-17-13(6-9-22-18)4-3-7-21-17/h3-10,12H,1-2H3,(H,22,23)(H,24,25). The molecule has 0 bridgehead atoms. The van der Waals surface area contributed by atoms with Gasteiger partial charge in [0.15, 0.2) is 5.82 Å². The lowest BCUT2D eigenvalue weighted by Gasteiger charge is -2.16. The molecule has 6 heteroatoms. The average molecular weight is 331 g/mol. The third kappa shape index (κ3) is 2.71. The fourth-order valence-corrected chi connectivity index (χ4v) is 2.99. The van der Waals surface area contributed by atoms with E-state index in [-0.39, 0.29) is 11.6 Å². The quantitative estimate of drug-likeness (QED) is 0.601. The van der Waals surface area contributed by atoms with Crippen LogP contribution >= 0.6 is 0 Å². The highest BCUT2D eigenvalue weighted by Gasteiger charge is 2.13. The molecule has 0 fully saturated rings. The molecule has 6 nitrogen and oxygen atoms in total. The number of H-pyrrole nitrogens is 1. The molecule has 0 aromatic carbocycles. The van der Waals surface area contributed by atoms with Crippen molar-refractivity contribution in [3.63, 3.8) is 0 Å². The van der Waals surface area contributed by atoms with Gasteiger partial charge >= 0.3 is 0 Å². The largest absolute Gasteiger partial charge is 0.360 e. The fraction of sp³-hybridized carbons (Fsp3) is 0.158. The van der Waals surface area contributed by atoms with E-state index < -0.39 is 0 Å². The lowest BCUT2D eigenvalue weighted by Crippen LogP contribution is -2.17. The highest BCUT2D eigenvalue weighted by atomic mass is 16.1. The van der Waals surface area contributed by atoms with Crippen LogP contribution in [-0.2, 0) is 0 Å². The van der Waals surface area contributed by atoms with Gasteiger partial charge in [-0.05, 0) is 43.7 Å². The summed E-state index contributed by atoms with van der Waals surface area (Å²) in [6.45, 7) is 3.88. The van der Waals surface area contributed by atoms with E-state index in [4.69, 9.17) is 0 Å². The number of rotatable bonds is 3. The minimum Gasteiger partial charge on any atom is -0.360 e. The minimum absolute atomic E-state index is 0.129. The van der Waals surface area contributed by atoms with Crippen LogP contribution in [0.4, 0.5) is 5.82 Å². The maximum atomic E-state index is 12.4. The van der Waals surface area contributed by atoms with Crippen LogP contribution in [0.3, 0.4) is 0 Å². The second-order valence-electron chi connectivity index (χ2n) is 6.04. The first-order chi connectivity index (χ1) is 12.1. The zero-order chi connectivity index (χ0) is 17.4. The molecule has 1 unspecified atom stereocenters. The average Bonchev–Trinajstić information content (AvgIpc) is 2.62. The summed E-state index contributed by atoms with van der Waals surface area (Å²) >= 11 is 0. The Morgan fingerprint density at radius 3 is 2.80 bits per heavy atom. The van der Waals surface area contributed by atoms with Gasteiger partial charge in [-0.3, -0.25) is 14.8 Å². The molecule has 0 aliphatic heterocycles. The maximum Gasteiger partial charge on any atom is 0.257 e. The summed E-state index contributed by atoms with van der Waals surface area (Å²) in [7, 11) is 0. The van der Waals surface area contributed by atoms with Crippen molar-refractivity contribution >= 4 is 27.6 Å². The molecule has 4 aromatic heterocycles. The smallest absolute Gasteiger partial charge is 0.257 e. The molecule has 124 valence electrons. The van der Waals surface area contributed by atoms with Gasteiger partial charge in [0.1, 0.15) is 5.52 Å². The number of hydrogen-bond acceptors (Lipinski definition) is 5. The summed E-state index contributed by atoms with van der Waals surface area (Å²) in [5, 5.41) is 4.97. The van der Waals surface area contributed by atoms with Crippen LogP contribution in [0.25, 0.3) is 21.8 Å². The Morgan fingerprint density at radius 1 is 1.08 bits per heavy atom. The Hall–Kier alpha value is -3.28. The van der Waals surface area contributed by atoms with Crippen molar-refractivity contribution in [3.05, 3.63) is 70.5 Å². The topological polar surface area (TPSA) is 83.6 Å².